The van der Waals surface area contributed by atoms with Gasteiger partial charge in [0.2, 0.25) is 6.29 Å². The Morgan fingerprint density at radius 1 is 1.65 bits per heavy atom. The summed E-state index contributed by atoms with van der Waals surface area (Å²) in [7, 11) is 0. The van der Waals surface area contributed by atoms with E-state index < -0.39 is 18.3 Å². The molecule has 6 nitrogen and oxygen atoms in total. The molecule has 1 aliphatic heterocycles. The number of nitrogens with zero attached hydrogens (tertiary/aromatic N) is 2. The molecular weight excluding hydrogens is 222 g/mol. The van der Waals surface area contributed by atoms with Gasteiger partial charge in [-0.2, -0.15) is 0 Å². The van der Waals surface area contributed by atoms with Gasteiger partial charge in [0.15, 0.2) is 0 Å². The van der Waals surface area contributed by atoms with Crippen molar-refractivity contribution in [3.63, 3.8) is 0 Å². The topological polar surface area (TPSA) is 79.4 Å². The van der Waals surface area contributed by atoms with E-state index in [0.717, 1.165) is 19.3 Å². The van der Waals surface area contributed by atoms with Crippen LogP contribution in [0.4, 0.5) is 0 Å². The lowest BCUT2D eigenvalue weighted by Crippen LogP contribution is -2.39. The second-order valence-corrected chi connectivity index (χ2v) is 4.10. The van der Waals surface area contributed by atoms with Crippen LogP contribution in [0.1, 0.15) is 19.3 Å². The number of carbonyl (C=O) groups excluding carboxylic acids is 1. The molecule has 0 bridgehead atoms. The molecule has 2 heterocycles. The van der Waals surface area contributed by atoms with Crippen LogP contribution in [-0.2, 0) is 20.8 Å². The highest BCUT2D eigenvalue weighted by Gasteiger charge is 2.22. The summed E-state index contributed by atoms with van der Waals surface area (Å²) in [6.45, 7) is 1.01. The van der Waals surface area contributed by atoms with E-state index in [1.165, 1.54) is 0 Å². The predicted octanol–water partition coefficient (Wildman–Crippen LogP) is 0.280. The Morgan fingerprint density at radius 3 is 3.18 bits per heavy atom. The van der Waals surface area contributed by atoms with Crippen LogP contribution >= 0.6 is 0 Å². The predicted molar refractivity (Wildman–Crippen MR) is 59.9 cm³/mol. The van der Waals surface area contributed by atoms with Crippen molar-refractivity contribution in [2.75, 3.05) is 6.61 Å². The van der Waals surface area contributed by atoms with Crippen molar-refractivity contribution in [2.24, 2.45) is 5.73 Å². The number of hydrogen-bond acceptors (Lipinski definition) is 5. The van der Waals surface area contributed by atoms with Crippen molar-refractivity contribution in [2.45, 2.75) is 38.1 Å². The molecule has 1 fully saturated rings. The summed E-state index contributed by atoms with van der Waals surface area (Å²) in [4.78, 5) is 15.6. The molecule has 1 unspecified atom stereocenters. The third-order valence-corrected chi connectivity index (χ3v) is 2.65. The lowest BCUT2D eigenvalue weighted by Gasteiger charge is -2.23. The third-order valence-electron chi connectivity index (χ3n) is 2.65. The smallest absolute Gasteiger partial charge is 0.327 e. The van der Waals surface area contributed by atoms with Crippen LogP contribution in [-0.4, -0.2) is 34.5 Å². The van der Waals surface area contributed by atoms with E-state index >= 15 is 0 Å². The van der Waals surface area contributed by atoms with Gasteiger partial charge >= 0.3 is 5.97 Å². The molecular formula is C11H17N3O3. The quantitative estimate of drug-likeness (QED) is 0.763. The zero-order valence-corrected chi connectivity index (χ0v) is 9.62. The summed E-state index contributed by atoms with van der Waals surface area (Å²) in [6, 6.07) is -0.685. The molecule has 2 N–H and O–H groups in total. The van der Waals surface area contributed by atoms with Gasteiger partial charge in [0.1, 0.15) is 6.04 Å². The van der Waals surface area contributed by atoms with Crippen LogP contribution in [0.25, 0.3) is 0 Å². The Kier molecular flexibility index (Phi) is 4.11. The summed E-state index contributed by atoms with van der Waals surface area (Å²) in [5, 5.41) is 0. The number of imidazole rings is 1. The fourth-order valence-corrected chi connectivity index (χ4v) is 1.72. The highest BCUT2D eigenvalue weighted by atomic mass is 16.7. The molecule has 2 rings (SSSR count). The first-order chi connectivity index (χ1) is 8.25. The van der Waals surface area contributed by atoms with Crippen LogP contribution in [0.15, 0.2) is 18.7 Å². The number of esters is 1. The normalized spacial score (nSPS) is 22.1. The lowest BCUT2D eigenvalue weighted by atomic mass is 10.2. The maximum absolute atomic E-state index is 11.7. The first-order valence-corrected chi connectivity index (χ1v) is 5.79. The van der Waals surface area contributed by atoms with Gasteiger partial charge in [0.25, 0.3) is 0 Å². The number of hydrogen-bond donors (Lipinski definition) is 1. The van der Waals surface area contributed by atoms with Gasteiger partial charge in [0, 0.05) is 25.4 Å². The minimum atomic E-state index is -0.685. The van der Waals surface area contributed by atoms with Crippen molar-refractivity contribution in [3.8, 4) is 0 Å². The first-order valence-electron chi connectivity index (χ1n) is 5.79. The Hall–Kier alpha value is -1.40. The molecule has 1 aromatic heterocycles. The number of aromatic nitrogens is 2. The molecule has 94 valence electrons. The maximum atomic E-state index is 11.7. The molecule has 0 aromatic carbocycles. The molecule has 6 heteroatoms. The van der Waals surface area contributed by atoms with Crippen LogP contribution in [0.2, 0.25) is 0 Å². The average Bonchev–Trinajstić information content (AvgIpc) is 2.83. The van der Waals surface area contributed by atoms with Crippen molar-refractivity contribution < 1.29 is 14.3 Å². The highest BCUT2D eigenvalue weighted by molar-refractivity contribution is 5.75. The van der Waals surface area contributed by atoms with Gasteiger partial charge in [-0.1, -0.05) is 0 Å². The summed E-state index contributed by atoms with van der Waals surface area (Å²) in [5.41, 5.74) is 5.75. The summed E-state index contributed by atoms with van der Waals surface area (Å²) >= 11 is 0. The van der Waals surface area contributed by atoms with Crippen molar-refractivity contribution >= 4 is 5.97 Å². The fraction of sp³-hybridized carbons (Fsp3) is 0.636. The average molecular weight is 239 g/mol. The zero-order chi connectivity index (χ0) is 12.1. The maximum Gasteiger partial charge on any atom is 0.327 e. The zero-order valence-electron chi connectivity index (χ0n) is 9.62. The van der Waals surface area contributed by atoms with E-state index in [2.05, 4.69) is 4.98 Å². The second-order valence-electron chi connectivity index (χ2n) is 4.10. The SMILES string of the molecule is NC(Cn1ccnc1)C(=O)O[C@H]1CCCCO1. The summed E-state index contributed by atoms with van der Waals surface area (Å²) < 4.78 is 12.2. The van der Waals surface area contributed by atoms with Crippen LogP contribution < -0.4 is 5.73 Å². The van der Waals surface area contributed by atoms with Gasteiger partial charge in [-0.25, -0.2) is 4.98 Å². The number of nitrogens with two attached hydrogens (primary N) is 1. The van der Waals surface area contributed by atoms with Crippen molar-refractivity contribution in [1.29, 1.82) is 0 Å². The molecule has 0 radical (unpaired) electrons. The first kappa shape index (κ1) is 12.1. The minimum Gasteiger partial charge on any atom is -0.435 e. The van der Waals surface area contributed by atoms with E-state index in [-0.39, 0.29) is 0 Å². The largest absolute Gasteiger partial charge is 0.435 e. The molecule has 17 heavy (non-hydrogen) atoms. The highest BCUT2D eigenvalue weighted by Crippen LogP contribution is 2.14. The van der Waals surface area contributed by atoms with Crippen molar-refractivity contribution in [1.82, 2.24) is 9.55 Å². The van der Waals surface area contributed by atoms with Crippen molar-refractivity contribution in [3.05, 3.63) is 18.7 Å². The Balaban J connectivity index is 1.78. The lowest BCUT2D eigenvalue weighted by molar-refractivity contribution is -0.188. The van der Waals surface area contributed by atoms with Gasteiger partial charge in [-0.05, 0) is 12.8 Å². The second kappa shape index (κ2) is 5.79. The number of ether oxygens (including phenoxy) is 2. The molecule has 1 aliphatic rings. The number of carbonyl (C=O) groups is 1. The minimum absolute atomic E-state index is 0.367. The van der Waals surface area contributed by atoms with E-state index in [9.17, 15) is 4.79 Å². The fourth-order valence-electron chi connectivity index (χ4n) is 1.72. The van der Waals surface area contributed by atoms with Gasteiger partial charge in [0.05, 0.1) is 12.9 Å². The summed E-state index contributed by atoms with van der Waals surface area (Å²) in [6.07, 6.45) is 7.38. The van der Waals surface area contributed by atoms with Gasteiger partial charge < -0.3 is 19.8 Å². The van der Waals surface area contributed by atoms with E-state index in [0.29, 0.717) is 13.2 Å². The Bertz CT molecular complexity index is 347. The van der Waals surface area contributed by atoms with Gasteiger partial charge in [-0.15, -0.1) is 0 Å². The molecule has 0 saturated carbocycles. The molecule has 0 aliphatic carbocycles. The van der Waals surface area contributed by atoms with Crippen LogP contribution in [0, 0.1) is 0 Å². The molecule has 2 atom stereocenters. The summed E-state index contributed by atoms with van der Waals surface area (Å²) in [5.74, 6) is -0.425. The Morgan fingerprint density at radius 2 is 2.53 bits per heavy atom. The molecule has 0 amide bonds. The van der Waals surface area contributed by atoms with Crippen LogP contribution in [0.5, 0.6) is 0 Å². The number of rotatable bonds is 4. The van der Waals surface area contributed by atoms with E-state index in [1.54, 1.807) is 23.3 Å². The van der Waals surface area contributed by atoms with Gasteiger partial charge in [-0.3, -0.25) is 4.79 Å². The molecule has 1 aromatic rings. The Labute approximate surface area is 99.7 Å². The monoisotopic (exact) mass is 239 g/mol. The van der Waals surface area contributed by atoms with E-state index in [4.69, 9.17) is 15.2 Å². The molecule has 1 saturated heterocycles. The standard InChI is InChI=1S/C11H17N3O3/c12-9(7-14-5-4-13-8-14)11(15)17-10-3-1-2-6-16-10/h4-5,8-10H,1-3,6-7,12H2/t9?,10-/m0/s1. The van der Waals surface area contributed by atoms with Crippen LogP contribution in [0.3, 0.4) is 0 Å². The molecule has 0 spiro atoms. The van der Waals surface area contributed by atoms with E-state index in [1.807, 2.05) is 0 Å². The third kappa shape index (κ3) is 3.54.